The minimum Gasteiger partial charge on any atom is -0.325 e. The molecule has 0 aliphatic heterocycles. The first-order valence-electron chi connectivity index (χ1n) is 2.15. The summed E-state index contributed by atoms with van der Waals surface area (Å²) >= 11 is 0. The molecule has 38 valence electrons. The van der Waals surface area contributed by atoms with E-state index in [4.69, 9.17) is 12.2 Å². The third kappa shape index (κ3) is 5.26. The molecule has 1 heteroatoms. The fourth-order valence-corrected chi connectivity index (χ4v) is 0.207. The number of rotatable bonds is 1. The van der Waals surface area contributed by atoms with Crippen LogP contribution in [0.2, 0.25) is 0 Å². The molecule has 1 atom stereocenters. The van der Waals surface area contributed by atoms with Gasteiger partial charge in [-0.1, -0.05) is 12.0 Å². The van der Waals surface area contributed by atoms with E-state index in [9.17, 15) is 0 Å². The lowest BCUT2D eigenvalue weighted by Gasteiger charge is -1.88. The minimum atomic E-state index is 0.0797. The third-order valence-electron chi connectivity index (χ3n) is 0.496. The average Bonchev–Trinajstić information content (AvgIpc) is 1.61. The second kappa shape index (κ2) is 3.45. The normalized spacial score (nSPS) is 13.9. The van der Waals surface area contributed by atoms with Gasteiger partial charge in [-0.25, -0.2) is 0 Å². The number of terminal acetylenes is 1. The Morgan fingerprint density at radius 2 is 2.43 bits per heavy atom. The van der Waals surface area contributed by atoms with Crippen LogP contribution in [0.1, 0.15) is 6.92 Å². The van der Waals surface area contributed by atoms with Gasteiger partial charge in [-0.3, -0.25) is 0 Å². The summed E-state index contributed by atoms with van der Waals surface area (Å²) in [5, 5.41) is 0. The molecule has 0 aliphatic carbocycles. The van der Waals surface area contributed by atoms with E-state index in [1.165, 1.54) is 0 Å². The SMILES string of the molecule is C#C/C=C/C(C)N. The van der Waals surface area contributed by atoms with Gasteiger partial charge in [0.05, 0.1) is 0 Å². The van der Waals surface area contributed by atoms with Crippen LogP contribution in [0.4, 0.5) is 0 Å². The van der Waals surface area contributed by atoms with Crippen molar-refractivity contribution in [3.8, 4) is 12.3 Å². The minimum absolute atomic E-state index is 0.0797. The largest absolute Gasteiger partial charge is 0.325 e. The highest BCUT2D eigenvalue weighted by atomic mass is 14.6. The maximum absolute atomic E-state index is 5.30. The number of hydrogen-bond donors (Lipinski definition) is 1. The van der Waals surface area contributed by atoms with Gasteiger partial charge < -0.3 is 5.73 Å². The lowest BCUT2D eigenvalue weighted by atomic mass is 10.3. The van der Waals surface area contributed by atoms with Gasteiger partial charge >= 0.3 is 0 Å². The van der Waals surface area contributed by atoms with Gasteiger partial charge in [0.2, 0.25) is 0 Å². The van der Waals surface area contributed by atoms with Crippen molar-refractivity contribution in [2.75, 3.05) is 0 Å². The fraction of sp³-hybridized carbons (Fsp3) is 0.333. The van der Waals surface area contributed by atoms with E-state index in [-0.39, 0.29) is 6.04 Å². The summed E-state index contributed by atoms with van der Waals surface area (Å²) in [6.07, 6.45) is 8.25. The predicted octanol–water partition coefficient (Wildman–Crippen LogP) is 0.523. The first-order valence-corrected chi connectivity index (χ1v) is 2.15. The molecule has 0 bridgehead atoms. The topological polar surface area (TPSA) is 26.0 Å². The third-order valence-corrected chi connectivity index (χ3v) is 0.496. The van der Waals surface area contributed by atoms with Crippen molar-refractivity contribution >= 4 is 0 Å². The van der Waals surface area contributed by atoms with E-state index in [1.807, 2.05) is 6.92 Å². The quantitative estimate of drug-likeness (QED) is 0.472. The van der Waals surface area contributed by atoms with Crippen LogP contribution in [0.3, 0.4) is 0 Å². The van der Waals surface area contributed by atoms with E-state index in [2.05, 4.69) is 5.92 Å². The number of allylic oxidation sites excluding steroid dienone is 1. The van der Waals surface area contributed by atoms with Crippen molar-refractivity contribution in [1.82, 2.24) is 0 Å². The smallest absolute Gasteiger partial charge is 0.0204 e. The van der Waals surface area contributed by atoms with Gasteiger partial charge in [-0.05, 0) is 13.0 Å². The molecule has 2 N–H and O–H groups in total. The molecule has 1 unspecified atom stereocenters. The summed E-state index contributed by atoms with van der Waals surface area (Å²) < 4.78 is 0. The van der Waals surface area contributed by atoms with Crippen molar-refractivity contribution in [1.29, 1.82) is 0 Å². The van der Waals surface area contributed by atoms with Crippen molar-refractivity contribution < 1.29 is 0 Å². The molecule has 0 heterocycles. The van der Waals surface area contributed by atoms with Crippen LogP contribution in [-0.2, 0) is 0 Å². The highest BCUT2D eigenvalue weighted by molar-refractivity contribution is 5.10. The summed E-state index contributed by atoms with van der Waals surface area (Å²) in [5.74, 6) is 2.34. The molecule has 0 saturated heterocycles. The molecule has 0 aliphatic rings. The second-order valence-corrected chi connectivity index (χ2v) is 1.38. The van der Waals surface area contributed by atoms with E-state index in [1.54, 1.807) is 12.2 Å². The van der Waals surface area contributed by atoms with Crippen LogP contribution in [0.25, 0.3) is 0 Å². The van der Waals surface area contributed by atoms with Crippen LogP contribution in [-0.4, -0.2) is 6.04 Å². The van der Waals surface area contributed by atoms with Crippen molar-refractivity contribution in [3.05, 3.63) is 12.2 Å². The molecule has 0 aromatic heterocycles. The molecule has 0 radical (unpaired) electrons. The average molecular weight is 95.1 g/mol. The van der Waals surface area contributed by atoms with Gasteiger partial charge in [0.15, 0.2) is 0 Å². The van der Waals surface area contributed by atoms with E-state index >= 15 is 0 Å². The molecule has 0 fully saturated rings. The van der Waals surface area contributed by atoms with Crippen LogP contribution in [0.15, 0.2) is 12.2 Å². The molecule has 0 aromatic carbocycles. The maximum Gasteiger partial charge on any atom is 0.0204 e. The predicted molar refractivity (Wildman–Crippen MR) is 31.6 cm³/mol. The Morgan fingerprint density at radius 1 is 1.86 bits per heavy atom. The molecular formula is C6H9N. The van der Waals surface area contributed by atoms with Crippen molar-refractivity contribution in [2.24, 2.45) is 5.73 Å². The number of hydrogen-bond acceptors (Lipinski definition) is 1. The summed E-state index contributed by atoms with van der Waals surface area (Å²) in [4.78, 5) is 0. The Balaban J connectivity index is 3.31. The fourth-order valence-electron chi connectivity index (χ4n) is 0.207. The first-order chi connectivity index (χ1) is 3.27. The van der Waals surface area contributed by atoms with Crippen LogP contribution < -0.4 is 5.73 Å². The Kier molecular flexibility index (Phi) is 3.09. The summed E-state index contributed by atoms with van der Waals surface area (Å²) in [6.45, 7) is 1.87. The zero-order valence-electron chi connectivity index (χ0n) is 4.39. The zero-order valence-corrected chi connectivity index (χ0v) is 4.39. The lowest BCUT2D eigenvalue weighted by Crippen LogP contribution is -2.09. The van der Waals surface area contributed by atoms with Gasteiger partial charge in [-0.15, -0.1) is 6.42 Å². The van der Waals surface area contributed by atoms with Crippen molar-refractivity contribution in [2.45, 2.75) is 13.0 Å². The van der Waals surface area contributed by atoms with Gasteiger partial charge in [0, 0.05) is 6.04 Å². The highest BCUT2D eigenvalue weighted by Gasteiger charge is 1.77. The van der Waals surface area contributed by atoms with Gasteiger partial charge in [0.25, 0.3) is 0 Å². The van der Waals surface area contributed by atoms with Crippen LogP contribution >= 0.6 is 0 Å². The monoisotopic (exact) mass is 95.1 g/mol. The molecule has 0 amide bonds. The number of nitrogens with two attached hydrogens (primary N) is 1. The van der Waals surface area contributed by atoms with E-state index in [0.717, 1.165) is 0 Å². The molecule has 1 nitrogen and oxygen atoms in total. The molecular weight excluding hydrogens is 86.1 g/mol. The standard InChI is InChI=1S/C6H9N/c1-3-4-5-6(2)7/h1,4-6H,7H2,2H3/b5-4+. The summed E-state index contributed by atoms with van der Waals surface area (Å²) in [6, 6.07) is 0.0797. The van der Waals surface area contributed by atoms with E-state index in [0.29, 0.717) is 0 Å². The molecule has 7 heavy (non-hydrogen) atoms. The second-order valence-electron chi connectivity index (χ2n) is 1.38. The molecule has 0 aromatic rings. The van der Waals surface area contributed by atoms with Crippen LogP contribution in [0.5, 0.6) is 0 Å². The van der Waals surface area contributed by atoms with Crippen molar-refractivity contribution in [3.63, 3.8) is 0 Å². The zero-order chi connectivity index (χ0) is 5.70. The maximum atomic E-state index is 5.30. The summed E-state index contributed by atoms with van der Waals surface area (Å²) in [7, 11) is 0. The Hall–Kier alpha value is -0.740. The van der Waals surface area contributed by atoms with Gasteiger partial charge in [0.1, 0.15) is 0 Å². The summed E-state index contributed by atoms with van der Waals surface area (Å²) in [5.41, 5.74) is 5.30. The van der Waals surface area contributed by atoms with Gasteiger partial charge in [-0.2, -0.15) is 0 Å². The van der Waals surface area contributed by atoms with Crippen LogP contribution in [0, 0.1) is 12.3 Å². The highest BCUT2D eigenvalue weighted by Crippen LogP contribution is 1.74. The molecule has 0 rings (SSSR count). The Bertz CT molecular complexity index is 95.2. The van der Waals surface area contributed by atoms with E-state index < -0.39 is 0 Å². The Morgan fingerprint density at radius 3 is 2.57 bits per heavy atom. The lowest BCUT2D eigenvalue weighted by molar-refractivity contribution is 0.927. The Labute approximate surface area is 44.2 Å². The first kappa shape index (κ1) is 6.26. The molecule has 0 saturated carbocycles. The molecule has 0 spiro atoms.